The van der Waals surface area contributed by atoms with E-state index in [2.05, 4.69) is 16.3 Å². The van der Waals surface area contributed by atoms with Crippen molar-refractivity contribution < 1.29 is 4.42 Å². The van der Waals surface area contributed by atoms with E-state index in [4.69, 9.17) is 4.42 Å². The van der Waals surface area contributed by atoms with E-state index in [0.29, 0.717) is 0 Å². The predicted octanol–water partition coefficient (Wildman–Crippen LogP) is 3.69. The predicted molar refractivity (Wildman–Crippen MR) is 84.0 cm³/mol. The maximum Gasteiger partial charge on any atom is 0.118 e. The van der Waals surface area contributed by atoms with Gasteiger partial charge in [0.05, 0.1) is 12.8 Å². The minimum Gasteiger partial charge on any atom is -0.468 e. The molecule has 3 heteroatoms. The molecular weight excluding hydrogens is 260 g/mol. The van der Waals surface area contributed by atoms with Crippen molar-refractivity contribution in [2.24, 2.45) is 5.41 Å². The molecule has 0 amide bonds. The Hall–Kier alpha value is -0.800. The molecule has 0 atom stereocenters. The first-order chi connectivity index (χ1) is 10.3. The Kier molecular flexibility index (Phi) is 3.80. The van der Waals surface area contributed by atoms with E-state index in [1.54, 1.807) is 0 Å². The lowest BCUT2D eigenvalue weighted by Gasteiger charge is -2.39. The molecule has 2 heterocycles. The maximum absolute atomic E-state index is 5.76. The molecule has 2 aliphatic carbocycles. The molecular formula is C18H28N2O. The summed E-state index contributed by atoms with van der Waals surface area (Å²) in [6.45, 7) is 4.49. The lowest BCUT2D eigenvalue weighted by Crippen LogP contribution is -2.38. The number of rotatable bonds is 5. The number of likely N-dealkylation sites (tertiary alicyclic amines) is 1. The lowest BCUT2D eigenvalue weighted by molar-refractivity contribution is 0.0982. The van der Waals surface area contributed by atoms with Crippen LogP contribution in [0, 0.1) is 5.41 Å². The van der Waals surface area contributed by atoms with Crippen LogP contribution >= 0.6 is 0 Å². The van der Waals surface area contributed by atoms with Crippen molar-refractivity contribution in [2.75, 3.05) is 13.1 Å². The van der Waals surface area contributed by atoms with Crippen molar-refractivity contribution in [1.82, 2.24) is 10.2 Å². The summed E-state index contributed by atoms with van der Waals surface area (Å²) >= 11 is 0. The summed E-state index contributed by atoms with van der Waals surface area (Å²) in [5, 5.41) is 3.55. The fourth-order valence-corrected chi connectivity index (χ4v) is 4.18. The van der Waals surface area contributed by atoms with Crippen LogP contribution in [-0.4, -0.2) is 24.0 Å². The largest absolute Gasteiger partial charge is 0.468 e. The molecule has 1 aromatic rings. The minimum atomic E-state index is 0.721. The fourth-order valence-electron chi connectivity index (χ4n) is 4.18. The van der Waals surface area contributed by atoms with E-state index >= 15 is 0 Å². The summed E-state index contributed by atoms with van der Waals surface area (Å²) in [6, 6.07) is 3.02. The highest BCUT2D eigenvalue weighted by molar-refractivity contribution is 5.13. The zero-order chi connectivity index (χ0) is 14.1. The Labute approximate surface area is 128 Å². The van der Waals surface area contributed by atoms with Crippen molar-refractivity contribution in [3.05, 3.63) is 23.7 Å². The number of piperidine rings is 1. The van der Waals surface area contributed by atoms with E-state index in [-0.39, 0.29) is 0 Å². The molecule has 0 aromatic carbocycles. The van der Waals surface area contributed by atoms with Crippen LogP contribution < -0.4 is 5.32 Å². The van der Waals surface area contributed by atoms with Gasteiger partial charge in [0.15, 0.2) is 0 Å². The highest BCUT2D eigenvalue weighted by atomic mass is 16.3. The second-order valence-electron chi connectivity index (χ2n) is 7.56. The van der Waals surface area contributed by atoms with E-state index in [1.807, 2.05) is 6.26 Å². The van der Waals surface area contributed by atoms with E-state index in [1.165, 1.54) is 70.0 Å². The van der Waals surface area contributed by atoms with Gasteiger partial charge in [-0.15, -0.1) is 0 Å². The van der Waals surface area contributed by atoms with Crippen molar-refractivity contribution in [3.8, 4) is 0 Å². The molecule has 21 heavy (non-hydrogen) atoms. The molecule has 3 aliphatic rings. The Bertz CT molecular complexity index is 461. The van der Waals surface area contributed by atoms with Crippen LogP contribution in [0.3, 0.4) is 0 Å². The van der Waals surface area contributed by atoms with E-state index < -0.39 is 0 Å². The SMILES string of the molecule is c1oc(CN2CCC3(CCCC3)CC2)cc1CNC1CC1. The molecule has 0 unspecified atom stereocenters. The highest BCUT2D eigenvalue weighted by Crippen LogP contribution is 2.46. The van der Waals surface area contributed by atoms with Gasteiger partial charge in [0.2, 0.25) is 0 Å². The average Bonchev–Trinajstić information content (AvgIpc) is 3.05. The normalized spacial score (nSPS) is 25.7. The van der Waals surface area contributed by atoms with Crippen LogP contribution in [0.15, 0.2) is 16.7 Å². The molecule has 0 radical (unpaired) electrons. The first-order valence-electron chi connectivity index (χ1n) is 8.83. The zero-order valence-corrected chi connectivity index (χ0v) is 13.1. The molecule has 1 N–H and O–H groups in total. The monoisotopic (exact) mass is 288 g/mol. The van der Waals surface area contributed by atoms with Gasteiger partial charge in [0.1, 0.15) is 5.76 Å². The van der Waals surface area contributed by atoms with Crippen molar-refractivity contribution in [1.29, 1.82) is 0 Å². The van der Waals surface area contributed by atoms with Gasteiger partial charge in [-0.1, -0.05) is 12.8 Å². The Balaban J connectivity index is 1.26. The summed E-state index contributed by atoms with van der Waals surface area (Å²) < 4.78 is 5.76. The molecule has 3 nitrogen and oxygen atoms in total. The third-order valence-corrected chi connectivity index (χ3v) is 5.84. The summed E-state index contributed by atoms with van der Waals surface area (Å²) in [7, 11) is 0. The lowest BCUT2D eigenvalue weighted by atomic mass is 9.77. The topological polar surface area (TPSA) is 28.4 Å². The molecule has 1 saturated heterocycles. The van der Waals surface area contributed by atoms with Gasteiger partial charge >= 0.3 is 0 Å². The molecule has 3 fully saturated rings. The van der Waals surface area contributed by atoms with Crippen LogP contribution in [0.5, 0.6) is 0 Å². The van der Waals surface area contributed by atoms with Gasteiger partial charge in [-0.2, -0.15) is 0 Å². The highest BCUT2D eigenvalue weighted by Gasteiger charge is 2.36. The molecule has 1 aromatic heterocycles. The standard InChI is InChI=1S/C18H28N2O/c1-2-6-18(5-1)7-9-20(10-8-18)13-17-11-15(14-21-17)12-19-16-3-4-16/h11,14,16,19H,1-10,12-13H2. The number of hydrogen-bond donors (Lipinski definition) is 1. The van der Waals surface area contributed by atoms with Crippen molar-refractivity contribution in [2.45, 2.75) is 70.5 Å². The van der Waals surface area contributed by atoms with E-state index in [0.717, 1.165) is 30.3 Å². The number of hydrogen-bond acceptors (Lipinski definition) is 3. The summed E-state index contributed by atoms with van der Waals surface area (Å²) in [5.41, 5.74) is 2.03. The quantitative estimate of drug-likeness (QED) is 0.896. The summed E-state index contributed by atoms with van der Waals surface area (Å²) in [5.74, 6) is 1.14. The molecule has 2 saturated carbocycles. The van der Waals surface area contributed by atoms with Crippen LogP contribution in [0.25, 0.3) is 0 Å². The zero-order valence-electron chi connectivity index (χ0n) is 13.1. The summed E-state index contributed by atoms with van der Waals surface area (Å²) in [6.07, 6.45) is 13.4. The van der Waals surface area contributed by atoms with Crippen molar-refractivity contribution in [3.63, 3.8) is 0 Å². The second-order valence-corrected chi connectivity index (χ2v) is 7.56. The van der Waals surface area contributed by atoms with Gasteiger partial charge in [0.25, 0.3) is 0 Å². The maximum atomic E-state index is 5.76. The first-order valence-corrected chi connectivity index (χ1v) is 8.83. The molecule has 1 spiro atoms. The average molecular weight is 288 g/mol. The molecule has 4 rings (SSSR count). The third-order valence-electron chi connectivity index (χ3n) is 5.84. The smallest absolute Gasteiger partial charge is 0.118 e. The molecule has 1 aliphatic heterocycles. The Morgan fingerprint density at radius 1 is 1.14 bits per heavy atom. The van der Waals surface area contributed by atoms with Crippen LogP contribution in [0.1, 0.15) is 62.7 Å². The van der Waals surface area contributed by atoms with E-state index in [9.17, 15) is 0 Å². The number of nitrogens with zero attached hydrogens (tertiary/aromatic N) is 1. The van der Waals surface area contributed by atoms with Gasteiger partial charge in [-0.05, 0) is 63.1 Å². The molecule has 0 bridgehead atoms. The summed E-state index contributed by atoms with van der Waals surface area (Å²) in [4.78, 5) is 2.58. The van der Waals surface area contributed by atoms with Gasteiger partial charge < -0.3 is 9.73 Å². The minimum absolute atomic E-state index is 0.721. The molecule has 116 valence electrons. The number of furan rings is 1. The Morgan fingerprint density at radius 2 is 1.90 bits per heavy atom. The Morgan fingerprint density at radius 3 is 2.62 bits per heavy atom. The van der Waals surface area contributed by atoms with Gasteiger partial charge in [-0.3, -0.25) is 4.90 Å². The van der Waals surface area contributed by atoms with Crippen LogP contribution in [0.2, 0.25) is 0 Å². The second kappa shape index (κ2) is 5.77. The van der Waals surface area contributed by atoms with Crippen LogP contribution in [0.4, 0.5) is 0 Å². The fraction of sp³-hybridized carbons (Fsp3) is 0.778. The number of nitrogens with one attached hydrogen (secondary N) is 1. The van der Waals surface area contributed by atoms with Gasteiger partial charge in [0, 0.05) is 18.2 Å². The van der Waals surface area contributed by atoms with Gasteiger partial charge in [-0.25, -0.2) is 0 Å². The van der Waals surface area contributed by atoms with Crippen molar-refractivity contribution >= 4 is 0 Å². The van der Waals surface area contributed by atoms with Crippen LogP contribution in [-0.2, 0) is 13.1 Å². The third kappa shape index (κ3) is 3.35. The first kappa shape index (κ1) is 13.8.